The third-order valence-corrected chi connectivity index (χ3v) is 2.76. The van der Waals surface area contributed by atoms with Crippen LogP contribution >= 0.6 is 0 Å². The fraction of sp³-hybridized carbons (Fsp3) is 0.500. The molecule has 7 nitrogen and oxygen atoms in total. The van der Waals surface area contributed by atoms with Crippen molar-refractivity contribution in [3.8, 4) is 0 Å². The highest BCUT2D eigenvalue weighted by Gasteiger charge is 2.28. The molecule has 2 rings (SSSR count). The second-order valence-corrected chi connectivity index (χ2v) is 4.03. The van der Waals surface area contributed by atoms with E-state index in [0.29, 0.717) is 6.54 Å². The highest BCUT2D eigenvalue weighted by Crippen LogP contribution is 2.09. The van der Waals surface area contributed by atoms with E-state index >= 15 is 0 Å². The average molecular weight is 238 g/mol. The van der Waals surface area contributed by atoms with Gasteiger partial charge in [-0.2, -0.15) is 4.73 Å². The van der Waals surface area contributed by atoms with Crippen LogP contribution in [0.5, 0.6) is 0 Å². The van der Waals surface area contributed by atoms with Crippen molar-refractivity contribution < 1.29 is 9.65 Å². The van der Waals surface area contributed by atoms with Crippen LogP contribution in [0, 0.1) is 15.3 Å². The summed E-state index contributed by atoms with van der Waals surface area (Å²) in [6.45, 7) is 1.92. The first-order valence-corrected chi connectivity index (χ1v) is 5.42. The van der Waals surface area contributed by atoms with Crippen molar-refractivity contribution in [3.63, 3.8) is 0 Å². The van der Waals surface area contributed by atoms with Crippen LogP contribution in [0.4, 0.5) is 0 Å². The first kappa shape index (κ1) is 11.7. The van der Waals surface area contributed by atoms with Crippen LogP contribution in [0.15, 0.2) is 24.5 Å². The summed E-state index contributed by atoms with van der Waals surface area (Å²) in [5, 5.41) is 24.7. The number of nitro groups is 1. The molecule has 0 radical (unpaired) electrons. The molecule has 1 aliphatic rings. The maximum Gasteiger partial charge on any atom is 0.232 e. The minimum absolute atomic E-state index is 0.121. The molecule has 2 heterocycles. The third kappa shape index (κ3) is 3.11. The van der Waals surface area contributed by atoms with Crippen molar-refractivity contribution in [2.24, 2.45) is 0 Å². The van der Waals surface area contributed by atoms with Gasteiger partial charge >= 0.3 is 0 Å². The molecule has 1 aromatic rings. The SMILES string of the molecule is O=[N+]([O-])CC1NCCN1Cc1ccc[n+]([O-])c1. The Labute approximate surface area is 98.4 Å². The van der Waals surface area contributed by atoms with Crippen molar-refractivity contribution >= 4 is 0 Å². The highest BCUT2D eigenvalue weighted by atomic mass is 16.6. The van der Waals surface area contributed by atoms with E-state index < -0.39 is 0 Å². The Hall–Kier alpha value is -1.73. The normalized spacial score (nSPS) is 20.6. The number of nitrogens with one attached hydrogen (secondary N) is 1. The van der Waals surface area contributed by atoms with Gasteiger partial charge in [0.15, 0.2) is 12.4 Å². The molecule has 7 heteroatoms. The van der Waals surface area contributed by atoms with Gasteiger partial charge in [0.25, 0.3) is 0 Å². The number of aromatic nitrogens is 1. The zero-order valence-corrected chi connectivity index (χ0v) is 9.28. The van der Waals surface area contributed by atoms with Gasteiger partial charge in [-0.15, -0.1) is 0 Å². The lowest BCUT2D eigenvalue weighted by Gasteiger charge is -2.20. The quantitative estimate of drug-likeness (QED) is 0.325. The number of nitrogens with zero attached hydrogens (tertiary/aromatic N) is 3. The molecular weight excluding hydrogens is 224 g/mol. The lowest BCUT2D eigenvalue weighted by molar-refractivity contribution is -0.605. The molecular formula is C10H14N4O3. The van der Waals surface area contributed by atoms with Crippen molar-refractivity contribution in [1.29, 1.82) is 0 Å². The summed E-state index contributed by atoms with van der Waals surface area (Å²) in [6.07, 6.45) is 2.66. The zero-order chi connectivity index (χ0) is 12.3. The molecule has 1 aromatic heterocycles. The maximum atomic E-state index is 11.1. The molecule has 1 aliphatic heterocycles. The fourth-order valence-electron chi connectivity index (χ4n) is 2.00. The molecule has 0 aliphatic carbocycles. The molecule has 92 valence electrons. The monoisotopic (exact) mass is 238 g/mol. The summed E-state index contributed by atoms with van der Waals surface area (Å²) in [5.41, 5.74) is 0.861. The van der Waals surface area contributed by atoms with E-state index in [2.05, 4.69) is 5.32 Å². The van der Waals surface area contributed by atoms with E-state index in [9.17, 15) is 15.3 Å². The number of pyridine rings is 1. The molecule has 1 saturated heterocycles. The first-order chi connectivity index (χ1) is 8.15. The van der Waals surface area contributed by atoms with Gasteiger partial charge in [-0.05, 0) is 6.07 Å². The van der Waals surface area contributed by atoms with E-state index in [4.69, 9.17) is 0 Å². The summed E-state index contributed by atoms with van der Waals surface area (Å²) >= 11 is 0. The average Bonchev–Trinajstić information content (AvgIpc) is 2.65. The molecule has 1 unspecified atom stereocenters. The summed E-state index contributed by atoms with van der Waals surface area (Å²) in [6, 6.07) is 3.52. The Morgan fingerprint density at radius 3 is 3.18 bits per heavy atom. The Balaban J connectivity index is 2.00. The minimum Gasteiger partial charge on any atom is -0.619 e. The molecule has 0 bridgehead atoms. The van der Waals surface area contributed by atoms with Gasteiger partial charge in [0.1, 0.15) is 6.17 Å². The zero-order valence-electron chi connectivity index (χ0n) is 9.28. The van der Waals surface area contributed by atoms with Gasteiger partial charge in [-0.3, -0.25) is 20.3 Å². The second-order valence-electron chi connectivity index (χ2n) is 4.03. The molecule has 1 fully saturated rings. The molecule has 1 N–H and O–H groups in total. The van der Waals surface area contributed by atoms with Crippen molar-refractivity contribution in [3.05, 3.63) is 45.4 Å². The summed E-state index contributed by atoms with van der Waals surface area (Å²) in [4.78, 5) is 12.1. The van der Waals surface area contributed by atoms with E-state index in [1.807, 2.05) is 11.0 Å². The largest absolute Gasteiger partial charge is 0.619 e. The fourth-order valence-corrected chi connectivity index (χ4v) is 2.00. The van der Waals surface area contributed by atoms with Crippen LogP contribution in [0.1, 0.15) is 5.56 Å². The van der Waals surface area contributed by atoms with Crippen molar-refractivity contribution in [2.75, 3.05) is 19.6 Å². The van der Waals surface area contributed by atoms with Crippen LogP contribution in [0.3, 0.4) is 0 Å². The van der Waals surface area contributed by atoms with E-state index in [1.54, 1.807) is 6.07 Å². The first-order valence-electron chi connectivity index (χ1n) is 5.42. The van der Waals surface area contributed by atoms with Gasteiger partial charge < -0.3 is 5.21 Å². The maximum absolute atomic E-state index is 11.1. The Morgan fingerprint density at radius 2 is 2.47 bits per heavy atom. The lowest BCUT2D eigenvalue weighted by atomic mass is 10.2. The van der Waals surface area contributed by atoms with Crippen molar-refractivity contribution in [1.82, 2.24) is 10.2 Å². The smallest absolute Gasteiger partial charge is 0.232 e. The number of rotatable bonds is 4. The third-order valence-electron chi connectivity index (χ3n) is 2.76. The molecule has 0 spiro atoms. The molecule has 0 saturated carbocycles. The summed E-state index contributed by atoms with van der Waals surface area (Å²) < 4.78 is 0.737. The van der Waals surface area contributed by atoms with E-state index in [0.717, 1.165) is 23.4 Å². The summed E-state index contributed by atoms with van der Waals surface area (Å²) in [7, 11) is 0. The van der Waals surface area contributed by atoms with Gasteiger partial charge in [-0.1, -0.05) is 0 Å². The van der Waals surface area contributed by atoms with Crippen LogP contribution in [-0.4, -0.2) is 35.6 Å². The van der Waals surface area contributed by atoms with Gasteiger partial charge in [0, 0.05) is 36.2 Å². The van der Waals surface area contributed by atoms with Gasteiger partial charge in [-0.25, -0.2) is 0 Å². The standard InChI is InChI=1S/C10H14N4O3/c15-13-4-1-2-9(7-13)6-12-5-3-11-10(12)8-14(16)17/h1-2,4,7,10-11H,3,5-6,8H2. The van der Waals surface area contributed by atoms with E-state index in [1.165, 1.54) is 12.4 Å². The molecule has 1 atom stereocenters. The minimum atomic E-state index is -0.325. The number of hydrogen-bond acceptors (Lipinski definition) is 5. The van der Waals surface area contributed by atoms with Crippen molar-refractivity contribution in [2.45, 2.75) is 12.7 Å². The summed E-state index contributed by atoms with van der Waals surface area (Å²) in [5.74, 6) is 0. The number of hydrogen-bond donors (Lipinski definition) is 1. The Morgan fingerprint density at radius 1 is 1.65 bits per heavy atom. The molecule has 17 heavy (non-hydrogen) atoms. The highest BCUT2D eigenvalue weighted by molar-refractivity contribution is 5.06. The Kier molecular flexibility index (Phi) is 3.50. The topological polar surface area (TPSA) is 85.4 Å². The molecule has 0 amide bonds. The van der Waals surface area contributed by atoms with Crippen LogP contribution < -0.4 is 10.0 Å². The van der Waals surface area contributed by atoms with Crippen LogP contribution in [0.2, 0.25) is 0 Å². The van der Waals surface area contributed by atoms with Crippen LogP contribution in [0.25, 0.3) is 0 Å². The lowest BCUT2D eigenvalue weighted by Crippen LogP contribution is -2.41. The Bertz CT molecular complexity index is 412. The van der Waals surface area contributed by atoms with Gasteiger partial charge in [0.2, 0.25) is 6.54 Å². The predicted molar refractivity (Wildman–Crippen MR) is 59.5 cm³/mol. The predicted octanol–water partition coefficient (Wildman–Crippen LogP) is -0.672. The second kappa shape index (κ2) is 5.07. The molecule has 0 aromatic carbocycles. The van der Waals surface area contributed by atoms with Crippen LogP contribution in [-0.2, 0) is 6.54 Å². The van der Waals surface area contributed by atoms with Gasteiger partial charge in [0.05, 0.1) is 0 Å². The van der Waals surface area contributed by atoms with E-state index in [-0.39, 0.29) is 17.6 Å².